The lowest BCUT2D eigenvalue weighted by Gasteiger charge is -2.33. The third kappa shape index (κ3) is 5.03. The maximum Gasteiger partial charge on any atom is 0.573 e. The van der Waals surface area contributed by atoms with Gasteiger partial charge in [-0.3, -0.25) is 14.3 Å². The Bertz CT molecular complexity index is 1320. The van der Waals surface area contributed by atoms with Crippen LogP contribution in [-0.2, 0) is 11.2 Å². The molecule has 192 valence electrons. The van der Waals surface area contributed by atoms with Crippen molar-refractivity contribution >= 4 is 22.8 Å². The molecule has 2 aromatic heterocycles. The number of amides is 1. The first kappa shape index (κ1) is 24.2. The third-order valence-corrected chi connectivity index (χ3v) is 6.78. The van der Waals surface area contributed by atoms with Crippen LogP contribution < -0.4 is 16.2 Å². The van der Waals surface area contributed by atoms with E-state index in [2.05, 4.69) is 14.7 Å². The van der Waals surface area contributed by atoms with Gasteiger partial charge in [-0.2, -0.15) is 0 Å². The van der Waals surface area contributed by atoms with E-state index in [1.54, 1.807) is 15.7 Å². The van der Waals surface area contributed by atoms with E-state index in [-0.39, 0.29) is 28.9 Å². The van der Waals surface area contributed by atoms with E-state index in [1.165, 1.54) is 6.07 Å². The van der Waals surface area contributed by atoms with Gasteiger partial charge in [0.25, 0.3) is 5.91 Å². The second-order valence-corrected chi connectivity index (χ2v) is 9.27. The van der Waals surface area contributed by atoms with E-state index in [0.29, 0.717) is 37.5 Å². The minimum absolute atomic E-state index is 0.0945. The third-order valence-electron chi connectivity index (χ3n) is 6.78. The molecule has 1 amide bonds. The molecule has 0 saturated carbocycles. The fraction of sp³-hybridized carbons (Fsp3) is 0.458. The first-order valence-electron chi connectivity index (χ1n) is 11.8. The topological polar surface area (TPSA) is 115 Å². The summed E-state index contributed by atoms with van der Waals surface area (Å²) in [4.78, 5) is 34.6. The lowest BCUT2D eigenvalue weighted by molar-refractivity contribution is -0.274. The number of imidazole rings is 1. The molecule has 0 aliphatic carbocycles. The molecule has 2 saturated heterocycles. The molecule has 9 nitrogen and oxygen atoms in total. The number of nitrogens with zero attached hydrogens (tertiary/aromatic N) is 3. The average molecular weight is 505 g/mol. The molecule has 1 aromatic carbocycles. The highest BCUT2D eigenvalue weighted by Crippen LogP contribution is 2.30. The number of pyridine rings is 1. The van der Waals surface area contributed by atoms with Gasteiger partial charge in [-0.25, -0.2) is 9.78 Å². The number of likely N-dealkylation sites (tertiary alicyclic amines) is 1. The summed E-state index contributed by atoms with van der Waals surface area (Å²) in [6.07, 6.45) is -0.140. The van der Waals surface area contributed by atoms with Gasteiger partial charge in [-0.1, -0.05) is 0 Å². The van der Waals surface area contributed by atoms with Crippen molar-refractivity contribution in [3.8, 4) is 5.75 Å². The SMILES string of the molecule is Nc1cc(OC(F)(F)F)ccc1C(=O)N1CCC(n2c(=O)[nH]c3ncc(C[C@@H]4CCOC4)cc32)CC1. The summed E-state index contributed by atoms with van der Waals surface area (Å²) in [6.45, 7) is 2.24. The van der Waals surface area contributed by atoms with Crippen LogP contribution in [0.25, 0.3) is 11.2 Å². The first-order valence-corrected chi connectivity index (χ1v) is 11.8. The largest absolute Gasteiger partial charge is 0.573 e. The zero-order valence-corrected chi connectivity index (χ0v) is 19.4. The van der Waals surface area contributed by atoms with E-state index < -0.39 is 12.1 Å². The van der Waals surface area contributed by atoms with Gasteiger partial charge in [0.2, 0.25) is 0 Å². The van der Waals surface area contributed by atoms with Gasteiger partial charge in [0, 0.05) is 50.3 Å². The van der Waals surface area contributed by atoms with Crippen LogP contribution >= 0.6 is 0 Å². The second kappa shape index (κ2) is 9.49. The number of carbonyl (C=O) groups excluding carboxylic acids is 1. The number of benzene rings is 1. The summed E-state index contributed by atoms with van der Waals surface area (Å²) in [6, 6.07) is 5.17. The highest BCUT2D eigenvalue weighted by molar-refractivity contribution is 5.99. The Balaban J connectivity index is 1.28. The number of carbonyl (C=O) groups is 1. The van der Waals surface area contributed by atoms with E-state index in [1.807, 2.05) is 6.07 Å². The Kier molecular flexibility index (Phi) is 6.37. The maximum absolute atomic E-state index is 13.0. The van der Waals surface area contributed by atoms with Gasteiger partial charge in [-0.15, -0.1) is 13.2 Å². The number of nitrogens with one attached hydrogen (secondary N) is 1. The minimum atomic E-state index is -4.85. The molecular formula is C24H26F3N5O4. The minimum Gasteiger partial charge on any atom is -0.406 e. The van der Waals surface area contributed by atoms with E-state index in [0.717, 1.165) is 49.3 Å². The number of alkyl halides is 3. The summed E-state index contributed by atoms with van der Waals surface area (Å²) in [5.41, 5.74) is 7.94. The molecule has 3 N–H and O–H groups in total. The molecule has 0 spiro atoms. The van der Waals surface area contributed by atoms with Crippen molar-refractivity contribution in [2.75, 3.05) is 32.0 Å². The molecule has 12 heteroatoms. The number of hydrogen-bond acceptors (Lipinski definition) is 6. The number of piperidine rings is 1. The van der Waals surface area contributed by atoms with E-state index >= 15 is 0 Å². The van der Waals surface area contributed by atoms with Crippen LogP contribution in [0.5, 0.6) is 5.75 Å². The molecule has 2 aliphatic heterocycles. The molecule has 1 atom stereocenters. The van der Waals surface area contributed by atoms with E-state index in [9.17, 15) is 22.8 Å². The fourth-order valence-electron chi connectivity index (χ4n) is 5.03. The molecule has 0 bridgehead atoms. The Morgan fingerprint density at radius 2 is 2.00 bits per heavy atom. The average Bonchev–Trinajstić information content (AvgIpc) is 3.44. The van der Waals surface area contributed by atoms with Crippen molar-refractivity contribution in [2.24, 2.45) is 5.92 Å². The van der Waals surface area contributed by atoms with Crippen molar-refractivity contribution in [3.05, 3.63) is 52.1 Å². The lowest BCUT2D eigenvalue weighted by Crippen LogP contribution is -2.40. The molecule has 2 aliphatic rings. The summed E-state index contributed by atoms with van der Waals surface area (Å²) in [7, 11) is 0. The molecule has 2 fully saturated rings. The molecule has 4 heterocycles. The predicted molar refractivity (Wildman–Crippen MR) is 125 cm³/mol. The summed E-state index contributed by atoms with van der Waals surface area (Å²) in [5.74, 6) is -0.417. The van der Waals surface area contributed by atoms with E-state index in [4.69, 9.17) is 10.5 Å². The first-order chi connectivity index (χ1) is 17.2. The number of anilines is 1. The summed E-state index contributed by atoms with van der Waals surface area (Å²) >= 11 is 0. The van der Waals surface area contributed by atoms with Crippen LogP contribution in [-0.4, -0.2) is 58.0 Å². The van der Waals surface area contributed by atoms with Gasteiger partial charge < -0.3 is 20.1 Å². The van der Waals surface area contributed by atoms with Gasteiger partial charge in [0.1, 0.15) is 5.75 Å². The van der Waals surface area contributed by atoms with Crippen LogP contribution in [0.4, 0.5) is 18.9 Å². The number of H-pyrrole nitrogens is 1. The number of ether oxygens (including phenoxy) is 2. The molecule has 36 heavy (non-hydrogen) atoms. The molecule has 0 radical (unpaired) electrons. The van der Waals surface area contributed by atoms with Crippen LogP contribution in [0.2, 0.25) is 0 Å². The van der Waals surface area contributed by atoms with Crippen LogP contribution in [0.15, 0.2) is 35.3 Å². The van der Waals surface area contributed by atoms with Crippen LogP contribution in [0.1, 0.15) is 41.2 Å². The Hall–Kier alpha value is -3.54. The van der Waals surface area contributed by atoms with Crippen LogP contribution in [0, 0.1) is 5.92 Å². The van der Waals surface area contributed by atoms with Crippen LogP contribution in [0.3, 0.4) is 0 Å². The monoisotopic (exact) mass is 505 g/mol. The Labute approximate surface area is 204 Å². The quantitative estimate of drug-likeness (QED) is 0.515. The van der Waals surface area contributed by atoms with Crippen molar-refractivity contribution in [2.45, 2.75) is 38.1 Å². The molecule has 3 aromatic rings. The van der Waals surface area contributed by atoms with Gasteiger partial charge in [0.05, 0.1) is 11.1 Å². The van der Waals surface area contributed by atoms with Crippen molar-refractivity contribution in [1.82, 2.24) is 19.4 Å². The Morgan fingerprint density at radius 1 is 1.22 bits per heavy atom. The second-order valence-electron chi connectivity index (χ2n) is 9.27. The summed E-state index contributed by atoms with van der Waals surface area (Å²) in [5, 5.41) is 0. The zero-order chi connectivity index (χ0) is 25.4. The zero-order valence-electron chi connectivity index (χ0n) is 19.4. The van der Waals surface area contributed by atoms with Crippen molar-refractivity contribution in [1.29, 1.82) is 0 Å². The number of fused-ring (bicyclic) bond motifs is 1. The maximum atomic E-state index is 13.0. The Morgan fingerprint density at radius 3 is 2.67 bits per heavy atom. The lowest BCUT2D eigenvalue weighted by atomic mass is 9.99. The summed E-state index contributed by atoms with van der Waals surface area (Å²) < 4.78 is 48.4. The van der Waals surface area contributed by atoms with Crippen molar-refractivity contribution < 1.29 is 27.4 Å². The highest BCUT2D eigenvalue weighted by Gasteiger charge is 2.32. The number of aromatic amines is 1. The number of nitrogen functional groups attached to an aromatic ring is 1. The number of rotatable bonds is 5. The number of hydrogen-bond donors (Lipinski definition) is 2. The molecule has 0 unspecified atom stereocenters. The van der Waals surface area contributed by atoms with Gasteiger partial charge in [-0.05, 0) is 55.4 Å². The predicted octanol–water partition coefficient (Wildman–Crippen LogP) is 3.26. The number of halogens is 3. The number of nitrogens with two attached hydrogens (primary N) is 1. The smallest absolute Gasteiger partial charge is 0.406 e. The highest BCUT2D eigenvalue weighted by atomic mass is 19.4. The number of aromatic nitrogens is 3. The molecular weight excluding hydrogens is 479 g/mol. The normalized spacial score (nSPS) is 19.2. The standard InChI is InChI=1S/C24H26F3N5O4/c25-24(26,27)36-17-1-2-18(19(28)11-17)22(33)31-6-3-16(4-7-31)32-20-10-15(9-14-5-8-35-13-14)12-29-21(20)30-23(32)34/h1-2,10-12,14,16H,3-9,13,28H2,(H,29,30,34)/t14-/m0/s1. The van der Waals surface area contributed by atoms with Gasteiger partial charge in [0.15, 0.2) is 5.65 Å². The molecule has 5 rings (SSSR count). The van der Waals surface area contributed by atoms with Crippen molar-refractivity contribution in [3.63, 3.8) is 0 Å². The fourth-order valence-corrected chi connectivity index (χ4v) is 5.03. The van der Waals surface area contributed by atoms with Gasteiger partial charge >= 0.3 is 12.1 Å².